The second-order valence-corrected chi connectivity index (χ2v) is 25.6. The van der Waals surface area contributed by atoms with Crippen LogP contribution in [0.5, 0.6) is 0 Å². The van der Waals surface area contributed by atoms with E-state index < -0.39 is 21.7 Å². The largest absolute Gasteiger partial charge is 0.455 e. The average Bonchev–Trinajstić information content (AvgIpc) is 1.50. The average molecular weight is 1120 g/mol. The molecule has 12 aromatic carbocycles. The molecule has 0 amide bonds. The number of halogens is 2. The van der Waals surface area contributed by atoms with Gasteiger partial charge in [-0.3, -0.25) is 0 Å². The van der Waals surface area contributed by atoms with Crippen LogP contribution in [0, 0.1) is 0 Å². The van der Waals surface area contributed by atoms with Crippen LogP contribution in [0.1, 0.15) is 94.5 Å². The quantitative estimate of drug-likeness (QED) is 0.172. The lowest BCUT2D eigenvalue weighted by atomic mass is 9.63. The normalized spacial score (nSPS) is 16.8. The van der Waals surface area contributed by atoms with Crippen LogP contribution in [0.3, 0.4) is 0 Å². The maximum atomic E-state index is 7.60. The highest BCUT2D eigenvalue weighted by atomic mass is 35.5. The lowest BCUT2D eigenvalue weighted by molar-refractivity contribution is 0.630. The van der Waals surface area contributed by atoms with Crippen LogP contribution in [0.2, 0.25) is 10.0 Å². The van der Waals surface area contributed by atoms with Crippen molar-refractivity contribution in [3.8, 4) is 55.6 Å². The first-order valence-electron chi connectivity index (χ1n) is 29.2. The van der Waals surface area contributed by atoms with E-state index in [1.807, 2.05) is 6.07 Å². The SMILES string of the molecule is CC1(C)c2ccccc2-c2c1c1c(c3c2oc2ccccc23)-c2ccc(Cl)cc2C1(c1ccccc1)c1cccc(-c2ccc3c(c2)oc2c4c(c5c(c23)-c2ccccc2C5(c2ccccc2)c2ccccc2)C(C)(C)c2cc(Cl)ccc2-4)c1. The van der Waals surface area contributed by atoms with Crippen molar-refractivity contribution in [2.75, 3.05) is 0 Å². The van der Waals surface area contributed by atoms with Gasteiger partial charge in [-0.1, -0.05) is 245 Å². The Balaban J connectivity index is 0.932. The third-order valence-corrected chi connectivity index (χ3v) is 20.5. The van der Waals surface area contributed by atoms with E-state index in [2.05, 4.69) is 264 Å². The predicted molar refractivity (Wildman–Crippen MR) is 346 cm³/mol. The first-order valence-corrected chi connectivity index (χ1v) is 29.9. The second-order valence-electron chi connectivity index (χ2n) is 24.7. The van der Waals surface area contributed by atoms with E-state index in [9.17, 15) is 0 Å². The number of fused-ring (bicyclic) bond motifs is 24. The summed E-state index contributed by atoms with van der Waals surface area (Å²) in [5, 5.41) is 5.88. The van der Waals surface area contributed by atoms with Gasteiger partial charge in [0.05, 0.1) is 10.8 Å². The van der Waals surface area contributed by atoms with Crippen LogP contribution >= 0.6 is 23.2 Å². The lowest BCUT2D eigenvalue weighted by Gasteiger charge is -2.38. The van der Waals surface area contributed by atoms with Gasteiger partial charge in [-0.15, -0.1) is 0 Å². The van der Waals surface area contributed by atoms with Gasteiger partial charge >= 0.3 is 0 Å². The van der Waals surface area contributed by atoms with Crippen LogP contribution in [0.4, 0.5) is 0 Å². The van der Waals surface area contributed by atoms with Crippen molar-refractivity contribution in [1.82, 2.24) is 0 Å². The van der Waals surface area contributed by atoms with Crippen molar-refractivity contribution >= 4 is 67.1 Å². The van der Waals surface area contributed by atoms with Crippen LogP contribution < -0.4 is 0 Å². The van der Waals surface area contributed by atoms with E-state index in [1.54, 1.807) is 0 Å². The summed E-state index contributed by atoms with van der Waals surface area (Å²) >= 11 is 14.3. The topological polar surface area (TPSA) is 26.3 Å². The second kappa shape index (κ2) is 16.8. The molecule has 4 aliphatic carbocycles. The van der Waals surface area contributed by atoms with Crippen LogP contribution in [0.25, 0.3) is 99.5 Å². The number of rotatable bonds is 5. The van der Waals surface area contributed by atoms with E-state index in [1.165, 1.54) is 83.5 Å². The standard InChI is InChI=1S/C80H52Cl2O2/c1-77(2)59-32-17-14-29-53(59)69-71(77)74-66(67-57-31-16-19-34-63(57)83-75(67)69)56-40-37-52(82)44-62(56)80(74,49-26-12-7-13-27-49)50-28-20-21-45(41-50)46-35-38-58-64(42-46)84-76-68(58)65-54-30-15-18-33-60(54)79(47-22-8-5-9-23-47,48-24-10-6-11-25-48)73(65)72-70(76)55-39-36-51(81)43-61(55)78(72,3)4/h5-44H,1-4H3. The van der Waals surface area contributed by atoms with Gasteiger partial charge in [0.15, 0.2) is 0 Å². The van der Waals surface area contributed by atoms with Crippen molar-refractivity contribution < 1.29 is 8.83 Å². The number of furan rings is 2. The minimum atomic E-state index is -0.812. The minimum Gasteiger partial charge on any atom is -0.455 e. The van der Waals surface area contributed by atoms with Crippen molar-refractivity contribution in [3.05, 3.63) is 319 Å². The molecule has 0 fully saturated rings. The summed E-state index contributed by atoms with van der Waals surface area (Å²) in [4.78, 5) is 0. The molecule has 0 saturated carbocycles. The fourth-order valence-corrected chi connectivity index (χ4v) is 17.2. The van der Waals surface area contributed by atoms with E-state index >= 15 is 0 Å². The summed E-state index contributed by atoms with van der Waals surface area (Å²) in [6.45, 7) is 9.56. The highest BCUT2D eigenvalue weighted by molar-refractivity contribution is 6.32. The molecule has 18 rings (SSSR count). The van der Waals surface area contributed by atoms with Crippen molar-refractivity contribution in [3.63, 3.8) is 0 Å². The van der Waals surface area contributed by atoms with Crippen molar-refractivity contribution in [1.29, 1.82) is 0 Å². The maximum absolute atomic E-state index is 7.60. The zero-order valence-electron chi connectivity index (χ0n) is 46.7. The molecule has 2 aromatic heterocycles. The van der Waals surface area contributed by atoms with Gasteiger partial charge in [-0.25, -0.2) is 0 Å². The highest BCUT2D eigenvalue weighted by Crippen LogP contribution is 2.69. The predicted octanol–water partition coefficient (Wildman–Crippen LogP) is 21.8. The molecule has 0 saturated heterocycles. The zero-order valence-corrected chi connectivity index (χ0v) is 48.2. The summed E-state index contributed by atoms with van der Waals surface area (Å²) in [5.41, 5.74) is 27.8. The number of hydrogen-bond acceptors (Lipinski definition) is 2. The molecule has 84 heavy (non-hydrogen) atoms. The van der Waals surface area contributed by atoms with E-state index in [0.717, 1.165) is 87.8 Å². The summed E-state index contributed by atoms with van der Waals surface area (Å²) in [6, 6.07) is 89.3. The molecular formula is C80H52Cl2O2. The molecule has 0 N–H and O–H groups in total. The monoisotopic (exact) mass is 1110 g/mol. The van der Waals surface area contributed by atoms with Gasteiger partial charge in [0.25, 0.3) is 0 Å². The van der Waals surface area contributed by atoms with Crippen LogP contribution in [-0.2, 0) is 21.7 Å². The molecule has 4 aliphatic rings. The van der Waals surface area contributed by atoms with E-state index in [-0.39, 0.29) is 0 Å². The zero-order chi connectivity index (χ0) is 56.2. The first-order chi connectivity index (χ1) is 41.0. The number of benzene rings is 12. The van der Waals surface area contributed by atoms with Gasteiger partial charge < -0.3 is 8.83 Å². The summed E-state index contributed by atoms with van der Waals surface area (Å²) in [7, 11) is 0. The minimum absolute atomic E-state index is 0.399. The third kappa shape index (κ3) is 5.88. The molecule has 398 valence electrons. The summed E-state index contributed by atoms with van der Waals surface area (Å²) < 4.78 is 14.7. The Labute approximate surface area is 497 Å². The van der Waals surface area contributed by atoms with E-state index in [0.29, 0.717) is 5.02 Å². The number of hydrogen-bond donors (Lipinski definition) is 0. The van der Waals surface area contributed by atoms with Gasteiger partial charge in [0.2, 0.25) is 0 Å². The highest BCUT2D eigenvalue weighted by Gasteiger charge is 2.56. The van der Waals surface area contributed by atoms with Gasteiger partial charge in [-0.2, -0.15) is 0 Å². The fourth-order valence-electron chi connectivity index (χ4n) is 16.8. The molecule has 1 atom stereocenters. The van der Waals surface area contributed by atoms with Crippen molar-refractivity contribution in [2.24, 2.45) is 0 Å². The molecule has 1 unspecified atom stereocenters. The Morgan fingerprint density at radius 2 is 0.738 bits per heavy atom. The Morgan fingerprint density at radius 1 is 0.298 bits per heavy atom. The maximum Gasteiger partial charge on any atom is 0.144 e. The Morgan fingerprint density at radius 3 is 1.36 bits per heavy atom. The smallest absolute Gasteiger partial charge is 0.144 e. The van der Waals surface area contributed by atoms with Crippen molar-refractivity contribution in [2.45, 2.75) is 49.4 Å². The van der Waals surface area contributed by atoms with Gasteiger partial charge in [0.1, 0.15) is 22.3 Å². The Hall–Kier alpha value is -9.18. The van der Waals surface area contributed by atoms with Gasteiger partial charge in [0, 0.05) is 53.5 Å². The third-order valence-electron chi connectivity index (χ3n) is 20.0. The van der Waals surface area contributed by atoms with E-state index in [4.69, 9.17) is 32.0 Å². The molecule has 2 heterocycles. The molecule has 0 bridgehead atoms. The Kier molecular flexibility index (Phi) is 9.65. The van der Waals surface area contributed by atoms with Gasteiger partial charge in [-0.05, 0) is 160 Å². The Bertz CT molecular complexity index is 5170. The molecule has 4 heteroatoms. The lowest BCUT2D eigenvalue weighted by Crippen LogP contribution is -2.32. The fraction of sp³-hybridized carbons (Fsp3) is 0.100. The number of para-hydroxylation sites is 1. The van der Waals surface area contributed by atoms with Crippen LogP contribution in [-0.4, -0.2) is 0 Å². The molecule has 0 radical (unpaired) electrons. The summed E-state index contributed by atoms with van der Waals surface area (Å²) in [6.07, 6.45) is 0. The first kappa shape index (κ1) is 48.4. The van der Waals surface area contributed by atoms with Crippen LogP contribution in [0.15, 0.2) is 251 Å². The molecule has 0 aliphatic heterocycles. The molecule has 0 spiro atoms. The molecule has 2 nitrogen and oxygen atoms in total. The molecular weight excluding hydrogens is 1060 g/mol. The summed E-state index contributed by atoms with van der Waals surface area (Å²) in [5.74, 6) is 0. The molecule has 14 aromatic rings.